The van der Waals surface area contributed by atoms with Crippen LogP contribution in [-0.4, -0.2) is 19.9 Å². The van der Waals surface area contributed by atoms with Crippen molar-refractivity contribution in [3.63, 3.8) is 0 Å². The Balaban J connectivity index is 2.73. The van der Waals surface area contributed by atoms with Gasteiger partial charge in [0.25, 0.3) is 0 Å². The van der Waals surface area contributed by atoms with E-state index in [2.05, 4.69) is 0 Å². The van der Waals surface area contributed by atoms with E-state index >= 15 is 0 Å². The first-order valence-electron chi connectivity index (χ1n) is 5.32. The first kappa shape index (κ1) is 12.9. The number of hydrogen-bond donors (Lipinski definition) is 1. The summed E-state index contributed by atoms with van der Waals surface area (Å²) in [7, 11) is 1.52. The van der Waals surface area contributed by atoms with Crippen molar-refractivity contribution < 1.29 is 13.9 Å². The molecule has 1 aromatic rings. The third-order valence-electron chi connectivity index (χ3n) is 2.30. The molecule has 1 rings (SSSR count). The Morgan fingerprint density at radius 2 is 2.12 bits per heavy atom. The van der Waals surface area contributed by atoms with Crippen LogP contribution in [-0.2, 0) is 11.2 Å². The highest BCUT2D eigenvalue weighted by atomic mass is 19.1. The van der Waals surface area contributed by atoms with E-state index in [0.717, 1.165) is 12.0 Å². The van der Waals surface area contributed by atoms with Crippen molar-refractivity contribution >= 4 is 0 Å². The van der Waals surface area contributed by atoms with Crippen molar-refractivity contribution in [3.8, 4) is 5.75 Å². The van der Waals surface area contributed by atoms with Crippen LogP contribution in [0.2, 0.25) is 0 Å². The van der Waals surface area contributed by atoms with Gasteiger partial charge in [-0.3, -0.25) is 0 Å². The summed E-state index contributed by atoms with van der Waals surface area (Å²) in [6, 6.07) is 4.66. The van der Waals surface area contributed by atoms with Crippen LogP contribution >= 0.6 is 0 Å². The van der Waals surface area contributed by atoms with Gasteiger partial charge in [0.15, 0.2) is 6.79 Å². The van der Waals surface area contributed by atoms with Gasteiger partial charge in [-0.25, -0.2) is 4.39 Å². The molecule has 90 valence electrons. The maximum atomic E-state index is 13.2. The van der Waals surface area contributed by atoms with Crippen molar-refractivity contribution in [3.05, 3.63) is 29.6 Å². The van der Waals surface area contributed by atoms with E-state index in [1.807, 2.05) is 6.92 Å². The number of ether oxygens (including phenoxy) is 2. The monoisotopic (exact) mass is 227 g/mol. The molecule has 0 aromatic heterocycles. The second kappa shape index (κ2) is 6.45. The summed E-state index contributed by atoms with van der Waals surface area (Å²) in [5.74, 6) is 0.159. The fraction of sp³-hybridized carbons (Fsp3) is 0.500. The maximum absolute atomic E-state index is 13.2. The molecule has 0 saturated carbocycles. The van der Waals surface area contributed by atoms with Crippen LogP contribution in [0.15, 0.2) is 18.2 Å². The van der Waals surface area contributed by atoms with Crippen LogP contribution in [0.3, 0.4) is 0 Å². The molecule has 3 nitrogen and oxygen atoms in total. The lowest BCUT2D eigenvalue weighted by Gasteiger charge is -2.11. The average molecular weight is 227 g/mol. The Labute approximate surface area is 95.4 Å². The maximum Gasteiger partial charge on any atom is 0.188 e. The summed E-state index contributed by atoms with van der Waals surface area (Å²) in [5, 5.41) is 0. The first-order chi connectivity index (χ1) is 7.65. The highest BCUT2D eigenvalue weighted by Crippen LogP contribution is 2.17. The third-order valence-corrected chi connectivity index (χ3v) is 2.30. The van der Waals surface area contributed by atoms with Gasteiger partial charge >= 0.3 is 0 Å². The molecule has 0 fully saturated rings. The van der Waals surface area contributed by atoms with Gasteiger partial charge in [-0.15, -0.1) is 0 Å². The molecular formula is C12H18FNO2. The second-order valence-electron chi connectivity index (χ2n) is 3.72. The first-order valence-corrected chi connectivity index (χ1v) is 5.32. The van der Waals surface area contributed by atoms with Gasteiger partial charge in [-0.05, 0) is 30.5 Å². The van der Waals surface area contributed by atoms with Gasteiger partial charge in [0.1, 0.15) is 11.6 Å². The zero-order chi connectivity index (χ0) is 12.0. The number of rotatable bonds is 6. The summed E-state index contributed by atoms with van der Waals surface area (Å²) in [6.07, 6.45) is 1.52. The van der Waals surface area contributed by atoms with E-state index in [-0.39, 0.29) is 18.7 Å². The van der Waals surface area contributed by atoms with Crippen LogP contribution in [0, 0.1) is 5.82 Å². The zero-order valence-corrected chi connectivity index (χ0v) is 9.70. The van der Waals surface area contributed by atoms with Crippen molar-refractivity contribution in [2.45, 2.75) is 25.8 Å². The van der Waals surface area contributed by atoms with Crippen LogP contribution in [0.1, 0.15) is 18.9 Å². The van der Waals surface area contributed by atoms with Crippen molar-refractivity contribution in [2.24, 2.45) is 5.73 Å². The van der Waals surface area contributed by atoms with Crippen molar-refractivity contribution in [1.29, 1.82) is 0 Å². The molecule has 4 heteroatoms. The van der Waals surface area contributed by atoms with E-state index < -0.39 is 0 Å². The second-order valence-corrected chi connectivity index (χ2v) is 3.72. The summed E-state index contributed by atoms with van der Waals surface area (Å²) >= 11 is 0. The molecule has 0 radical (unpaired) electrons. The highest BCUT2D eigenvalue weighted by molar-refractivity contribution is 5.30. The van der Waals surface area contributed by atoms with Crippen LogP contribution < -0.4 is 10.5 Å². The zero-order valence-electron chi connectivity index (χ0n) is 9.70. The van der Waals surface area contributed by atoms with E-state index in [0.29, 0.717) is 12.2 Å². The van der Waals surface area contributed by atoms with E-state index in [9.17, 15) is 4.39 Å². The molecular weight excluding hydrogens is 209 g/mol. The molecule has 1 unspecified atom stereocenters. The molecule has 0 saturated heterocycles. The van der Waals surface area contributed by atoms with Gasteiger partial charge in [0.05, 0.1) is 0 Å². The predicted molar refractivity (Wildman–Crippen MR) is 60.9 cm³/mol. The lowest BCUT2D eigenvalue weighted by Crippen LogP contribution is -2.21. The topological polar surface area (TPSA) is 44.5 Å². The molecule has 0 aliphatic heterocycles. The Kier molecular flexibility index (Phi) is 5.22. The molecule has 0 bridgehead atoms. The van der Waals surface area contributed by atoms with Gasteiger partial charge in [0.2, 0.25) is 0 Å². The minimum absolute atomic E-state index is 0.0528. The van der Waals surface area contributed by atoms with Crippen LogP contribution in [0.4, 0.5) is 4.39 Å². The summed E-state index contributed by atoms with van der Waals surface area (Å²) in [5.41, 5.74) is 6.66. The van der Waals surface area contributed by atoms with Gasteiger partial charge in [-0.2, -0.15) is 0 Å². The lowest BCUT2D eigenvalue weighted by molar-refractivity contribution is 0.0508. The number of nitrogens with two attached hydrogens (primary N) is 1. The summed E-state index contributed by atoms with van der Waals surface area (Å²) in [6.45, 7) is 2.12. The molecule has 0 aliphatic carbocycles. The minimum Gasteiger partial charge on any atom is -0.467 e. The van der Waals surface area contributed by atoms with E-state index in [4.69, 9.17) is 15.2 Å². The smallest absolute Gasteiger partial charge is 0.188 e. The van der Waals surface area contributed by atoms with E-state index in [1.54, 1.807) is 6.07 Å². The molecule has 0 amide bonds. The molecule has 0 spiro atoms. The Morgan fingerprint density at radius 3 is 2.75 bits per heavy atom. The number of benzene rings is 1. The standard InChI is InChI=1S/C12H18FNO2/c1-3-11(14)5-9-4-10(13)7-12(6-9)16-8-15-2/h4,6-7,11H,3,5,8,14H2,1-2H3. The molecule has 1 atom stereocenters. The van der Waals surface area contributed by atoms with Gasteiger partial charge < -0.3 is 15.2 Å². The average Bonchev–Trinajstić information content (AvgIpc) is 2.25. The van der Waals surface area contributed by atoms with Crippen LogP contribution in [0.25, 0.3) is 0 Å². The summed E-state index contributed by atoms with van der Waals surface area (Å²) < 4.78 is 23.2. The number of halogens is 1. The minimum atomic E-state index is -0.313. The molecule has 0 aliphatic rings. The molecule has 0 heterocycles. The SMILES string of the molecule is CCC(N)Cc1cc(F)cc(OCOC)c1. The Bertz CT molecular complexity index is 331. The fourth-order valence-electron chi connectivity index (χ4n) is 1.40. The van der Waals surface area contributed by atoms with Crippen LogP contribution in [0.5, 0.6) is 5.75 Å². The predicted octanol–water partition coefficient (Wildman–Crippen LogP) is 2.09. The van der Waals surface area contributed by atoms with Crippen molar-refractivity contribution in [2.75, 3.05) is 13.9 Å². The van der Waals surface area contributed by atoms with Crippen molar-refractivity contribution in [1.82, 2.24) is 0 Å². The lowest BCUT2D eigenvalue weighted by atomic mass is 10.0. The third kappa shape index (κ3) is 4.16. The fourth-order valence-corrected chi connectivity index (χ4v) is 1.40. The number of hydrogen-bond acceptors (Lipinski definition) is 3. The largest absolute Gasteiger partial charge is 0.467 e. The van der Waals surface area contributed by atoms with E-state index in [1.165, 1.54) is 19.2 Å². The highest BCUT2D eigenvalue weighted by Gasteiger charge is 2.05. The molecule has 2 N–H and O–H groups in total. The Hall–Kier alpha value is -1.13. The summed E-state index contributed by atoms with van der Waals surface area (Å²) in [4.78, 5) is 0. The number of methoxy groups -OCH3 is 1. The quantitative estimate of drug-likeness (QED) is 0.757. The van der Waals surface area contributed by atoms with Gasteiger partial charge in [0, 0.05) is 19.2 Å². The molecule has 1 aromatic carbocycles. The normalized spacial score (nSPS) is 12.5. The van der Waals surface area contributed by atoms with Gasteiger partial charge in [-0.1, -0.05) is 6.92 Å². The Morgan fingerprint density at radius 1 is 1.38 bits per heavy atom. The molecule has 16 heavy (non-hydrogen) atoms.